The van der Waals surface area contributed by atoms with Crippen LogP contribution in [0.1, 0.15) is 5.69 Å². The summed E-state index contributed by atoms with van der Waals surface area (Å²) in [7, 11) is 0. The van der Waals surface area contributed by atoms with E-state index in [0.29, 0.717) is 4.99 Å². The summed E-state index contributed by atoms with van der Waals surface area (Å²) in [5.74, 6) is 0. The van der Waals surface area contributed by atoms with Gasteiger partial charge in [-0.1, -0.05) is 52.4 Å². The van der Waals surface area contributed by atoms with Gasteiger partial charge in [0.25, 0.3) is 0 Å². The van der Waals surface area contributed by atoms with Crippen LogP contribution in [0.2, 0.25) is 0 Å². The smallest absolute Gasteiger partial charge is 0.129 e. The maximum absolute atomic E-state index is 5.41. The summed E-state index contributed by atoms with van der Waals surface area (Å²) in [5.41, 5.74) is 2.68. The lowest BCUT2D eigenvalue weighted by Crippen LogP contribution is -2.12. The number of rotatable bonds is 2. The predicted octanol–water partition coefficient (Wildman–Crippen LogP) is 4.78. The van der Waals surface area contributed by atoms with Crippen molar-refractivity contribution in [3.63, 3.8) is 0 Å². The van der Waals surface area contributed by atoms with E-state index in [1.165, 1.54) is 0 Å². The zero-order valence-corrected chi connectivity index (χ0v) is 12.9. The second-order valence-corrected chi connectivity index (χ2v) is 5.67. The Labute approximate surface area is 131 Å². The average Bonchev–Trinajstić information content (AvgIpc) is 2.49. The summed E-state index contributed by atoms with van der Waals surface area (Å²) in [6.07, 6.45) is 0. The second-order valence-electron chi connectivity index (χ2n) is 4.35. The van der Waals surface area contributed by atoms with Crippen LogP contribution >= 0.6 is 28.1 Å². The van der Waals surface area contributed by atoms with E-state index in [-0.39, 0.29) is 0 Å². The Morgan fingerprint density at radius 1 is 0.950 bits per heavy atom. The Morgan fingerprint density at radius 2 is 1.70 bits per heavy atom. The number of pyridine rings is 1. The van der Waals surface area contributed by atoms with Gasteiger partial charge in [-0.15, -0.1) is 0 Å². The highest BCUT2D eigenvalue weighted by Gasteiger charge is 2.04. The number of benzene rings is 2. The topological polar surface area (TPSA) is 24.9 Å². The van der Waals surface area contributed by atoms with Gasteiger partial charge in [0.1, 0.15) is 4.99 Å². The van der Waals surface area contributed by atoms with Gasteiger partial charge >= 0.3 is 0 Å². The summed E-state index contributed by atoms with van der Waals surface area (Å²) in [6.45, 7) is 0. The summed E-state index contributed by atoms with van der Waals surface area (Å²) < 4.78 is 1.04. The molecule has 3 rings (SSSR count). The maximum atomic E-state index is 5.41. The molecular formula is C16H11BrN2S. The molecule has 0 unspecified atom stereocenters. The third-order valence-electron chi connectivity index (χ3n) is 2.93. The summed E-state index contributed by atoms with van der Waals surface area (Å²) >= 11 is 8.82. The molecule has 0 atom stereocenters. The first-order chi connectivity index (χ1) is 9.72. The molecule has 0 saturated carbocycles. The summed E-state index contributed by atoms with van der Waals surface area (Å²) in [5, 5.41) is 4.31. The van der Waals surface area contributed by atoms with Gasteiger partial charge in [-0.3, -0.25) is 0 Å². The quantitative estimate of drug-likeness (QED) is 0.678. The van der Waals surface area contributed by atoms with Crippen molar-refractivity contribution in [3.8, 4) is 0 Å². The lowest BCUT2D eigenvalue weighted by Gasteiger charge is -2.08. The second kappa shape index (κ2) is 5.69. The zero-order chi connectivity index (χ0) is 13.9. The predicted molar refractivity (Wildman–Crippen MR) is 91.2 cm³/mol. The molecule has 0 amide bonds. The molecule has 1 aromatic heterocycles. The van der Waals surface area contributed by atoms with E-state index >= 15 is 0 Å². The highest BCUT2D eigenvalue weighted by atomic mass is 79.9. The molecular weight excluding hydrogens is 332 g/mol. The molecule has 0 radical (unpaired) electrons. The van der Waals surface area contributed by atoms with Gasteiger partial charge in [-0.25, -0.2) is 4.98 Å². The van der Waals surface area contributed by atoms with E-state index in [1.54, 1.807) is 0 Å². The molecule has 20 heavy (non-hydrogen) atoms. The van der Waals surface area contributed by atoms with Crippen LogP contribution in [-0.2, 0) is 0 Å². The van der Waals surface area contributed by atoms with Gasteiger partial charge in [-0.2, -0.15) is 0 Å². The molecule has 0 saturated heterocycles. The Hall–Kier alpha value is -1.78. The van der Waals surface area contributed by atoms with Crippen molar-refractivity contribution >= 4 is 49.7 Å². The molecule has 0 bridgehead atoms. The number of anilines is 1. The zero-order valence-electron chi connectivity index (χ0n) is 10.5. The van der Waals surface area contributed by atoms with E-state index in [1.807, 2.05) is 60.7 Å². The Balaban J connectivity index is 1.86. The number of halogens is 1. The fraction of sp³-hybridized carbons (Fsp3) is 0. The van der Waals surface area contributed by atoms with Crippen LogP contribution in [0.5, 0.6) is 0 Å². The molecule has 3 aromatic rings. The number of hydrogen-bond donors (Lipinski definition) is 1. The normalized spacial score (nSPS) is 10.4. The first kappa shape index (κ1) is 13.2. The molecule has 4 heteroatoms. The van der Waals surface area contributed by atoms with Gasteiger partial charge in [0, 0.05) is 15.5 Å². The minimum absolute atomic E-state index is 0.623. The van der Waals surface area contributed by atoms with E-state index < -0.39 is 0 Å². The van der Waals surface area contributed by atoms with Crippen LogP contribution in [0.4, 0.5) is 5.69 Å². The Bertz CT molecular complexity index is 769. The fourth-order valence-corrected chi connectivity index (χ4v) is 2.42. The molecule has 0 aliphatic rings. The first-order valence-corrected chi connectivity index (χ1v) is 7.35. The molecule has 1 heterocycles. The largest absolute Gasteiger partial charge is 0.345 e. The minimum atomic E-state index is 0.623. The lowest BCUT2D eigenvalue weighted by molar-refractivity contribution is 1.37. The van der Waals surface area contributed by atoms with Crippen molar-refractivity contribution in [2.24, 2.45) is 0 Å². The SMILES string of the molecule is S=C(Nc1ccc(Br)cc1)c1ccc2ccccc2n1. The Morgan fingerprint density at radius 3 is 2.50 bits per heavy atom. The standard InChI is InChI=1S/C16H11BrN2S/c17-12-6-8-13(9-7-12)18-16(20)15-10-5-11-3-1-2-4-14(11)19-15/h1-10H,(H,18,20). The van der Waals surface area contributed by atoms with E-state index in [4.69, 9.17) is 12.2 Å². The van der Waals surface area contributed by atoms with Crippen LogP contribution in [0, 0.1) is 0 Å². The van der Waals surface area contributed by atoms with Crippen LogP contribution < -0.4 is 5.32 Å². The van der Waals surface area contributed by atoms with Crippen LogP contribution in [0.25, 0.3) is 10.9 Å². The van der Waals surface area contributed by atoms with Crippen molar-refractivity contribution in [3.05, 3.63) is 70.8 Å². The van der Waals surface area contributed by atoms with Crippen molar-refractivity contribution in [2.75, 3.05) is 5.32 Å². The number of nitrogens with one attached hydrogen (secondary N) is 1. The lowest BCUT2D eigenvalue weighted by atomic mass is 10.2. The van der Waals surface area contributed by atoms with E-state index in [2.05, 4.69) is 26.2 Å². The molecule has 0 aliphatic heterocycles. The fourth-order valence-electron chi connectivity index (χ4n) is 1.92. The van der Waals surface area contributed by atoms with Gasteiger partial charge < -0.3 is 5.32 Å². The van der Waals surface area contributed by atoms with Gasteiger partial charge in [0.15, 0.2) is 0 Å². The van der Waals surface area contributed by atoms with E-state index in [0.717, 1.165) is 26.8 Å². The van der Waals surface area contributed by atoms with Crippen molar-refractivity contribution in [1.82, 2.24) is 4.98 Å². The number of aromatic nitrogens is 1. The molecule has 98 valence electrons. The monoisotopic (exact) mass is 342 g/mol. The van der Waals surface area contributed by atoms with Gasteiger partial charge in [-0.05, 0) is 36.4 Å². The van der Waals surface area contributed by atoms with Crippen LogP contribution in [-0.4, -0.2) is 9.97 Å². The number of hydrogen-bond acceptors (Lipinski definition) is 2. The molecule has 0 fully saturated rings. The average molecular weight is 343 g/mol. The summed E-state index contributed by atoms with van der Waals surface area (Å²) in [6, 6.07) is 19.9. The highest BCUT2D eigenvalue weighted by Crippen LogP contribution is 2.16. The molecule has 2 nitrogen and oxygen atoms in total. The van der Waals surface area contributed by atoms with Gasteiger partial charge in [0.2, 0.25) is 0 Å². The first-order valence-electron chi connectivity index (χ1n) is 6.15. The molecule has 0 spiro atoms. The third-order valence-corrected chi connectivity index (χ3v) is 3.77. The van der Waals surface area contributed by atoms with Crippen LogP contribution in [0.15, 0.2) is 65.1 Å². The molecule has 2 aromatic carbocycles. The molecule has 1 N–H and O–H groups in total. The number of nitrogens with zero attached hydrogens (tertiary/aromatic N) is 1. The molecule has 0 aliphatic carbocycles. The van der Waals surface area contributed by atoms with Crippen molar-refractivity contribution in [1.29, 1.82) is 0 Å². The maximum Gasteiger partial charge on any atom is 0.129 e. The van der Waals surface area contributed by atoms with Crippen LogP contribution in [0.3, 0.4) is 0 Å². The van der Waals surface area contributed by atoms with Crippen molar-refractivity contribution in [2.45, 2.75) is 0 Å². The number of thiocarbonyl (C=S) groups is 1. The minimum Gasteiger partial charge on any atom is -0.345 e. The summed E-state index contributed by atoms with van der Waals surface area (Å²) in [4.78, 5) is 5.20. The highest BCUT2D eigenvalue weighted by molar-refractivity contribution is 9.10. The van der Waals surface area contributed by atoms with Crippen molar-refractivity contribution < 1.29 is 0 Å². The number of para-hydroxylation sites is 1. The third kappa shape index (κ3) is 2.86. The van der Waals surface area contributed by atoms with E-state index in [9.17, 15) is 0 Å². The van der Waals surface area contributed by atoms with Gasteiger partial charge in [0.05, 0.1) is 11.2 Å². The Kier molecular flexibility index (Phi) is 3.76. The number of fused-ring (bicyclic) bond motifs is 1.